The zero-order valence-electron chi connectivity index (χ0n) is 8.50. The van der Waals surface area contributed by atoms with Gasteiger partial charge in [0, 0.05) is 18.7 Å². The van der Waals surface area contributed by atoms with Crippen LogP contribution in [0, 0.1) is 0 Å². The Labute approximate surface area is 104 Å². The van der Waals surface area contributed by atoms with Crippen molar-refractivity contribution >= 4 is 28.4 Å². The Kier molecular flexibility index (Phi) is 3.82. The van der Waals surface area contributed by atoms with Gasteiger partial charge in [-0.3, -0.25) is 4.79 Å². The van der Waals surface area contributed by atoms with Crippen molar-refractivity contribution in [3.8, 4) is 0 Å². The second-order valence-corrected chi connectivity index (χ2v) is 4.27. The van der Waals surface area contributed by atoms with E-state index in [2.05, 4.69) is 5.32 Å². The zero-order chi connectivity index (χ0) is 11.5. The van der Waals surface area contributed by atoms with E-state index in [9.17, 15) is 4.79 Å². The van der Waals surface area contributed by atoms with Gasteiger partial charge in [-0.15, -0.1) is 0 Å². The molecule has 1 aliphatic heterocycles. The van der Waals surface area contributed by atoms with Gasteiger partial charge in [-0.05, 0) is 17.7 Å². The van der Waals surface area contributed by atoms with Gasteiger partial charge in [0.15, 0.2) is 0 Å². The van der Waals surface area contributed by atoms with Crippen molar-refractivity contribution in [3.63, 3.8) is 0 Å². The molecule has 0 aromatic heterocycles. The number of benzene rings is 1. The Morgan fingerprint density at radius 3 is 2.94 bits per heavy atom. The summed E-state index contributed by atoms with van der Waals surface area (Å²) in [5.74, 6) is 0. The summed E-state index contributed by atoms with van der Waals surface area (Å²) in [6.07, 6.45) is -0.114. The highest BCUT2D eigenvalue weighted by Crippen LogP contribution is 2.30. The van der Waals surface area contributed by atoms with Crippen molar-refractivity contribution in [1.29, 1.82) is 0 Å². The molecule has 1 aromatic rings. The maximum Gasteiger partial charge on any atom is 0.253 e. The van der Waals surface area contributed by atoms with E-state index in [1.54, 1.807) is 12.1 Å². The third-order valence-electron chi connectivity index (χ3n) is 2.51. The van der Waals surface area contributed by atoms with Crippen LogP contribution in [0.3, 0.4) is 0 Å². The van der Waals surface area contributed by atoms with Crippen LogP contribution >= 0.6 is 23.2 Å². The van der Waals surface area contributed by atoms with Gasteiger partial charge in [-0.1, -0.05) is 23.7 Å². The third kappa shape index (κ3) is 2.38. The SMILES string of the molecule is O=C(Cl)c1cccc(C2CNCCO2)c1Cl. The fraction of sp³-hybridized carbons (Fsp3) is 0.364. The van der Waals surface area contributed by atoms with E-state index in [0.29, 0.717) is 23.7 Å². The van der Waals surface area contributed by atoms with Gasteiger partial charge in [0.1, 0.15) is 0 Å². The molecular weight excluding hydrogens is 249 g/mol. The summed E-state index contributed by atoms with van der Waals surface area (Å²) >= 11 is 11.6. The molecule has 0 radical (unpaired) electrons. The Morgan fingerprint density at radius 1 is 1.50 bits per heavy atom. The molecule has 1 N–H and O–H groups in total. The van der Waals surface area contributed by atoms with Crippen molar-refractivity contribution < 1.29 is 9.53 Å². The molecule has 3 nitrogen and oxygen atoms in total. The normalized spacial score (nSPS) is 20.8. The van der Waals surface area contributed by atoms with E-state index in [1.807, 2.05) is 6.07 Å². The highest BCUT2D eigenvalue weighted by atomic mass is 35.5. The Morgan fingerprint density at radius 2 is 2.31 bits per heavy atom. The first-order valence-electron chi connectivity index (χ1n) is 5.00. The van der Waals surface area contributed by atoms with Crippen LogP contribution in [0.4, 0.5) is 0 Å². The van der Waals surface area contributed by atoms with Gasteiger partial charge in [0.2, 0.25) is 0 Å². The first-order chi connectivity index (χ1) is 7.70. The van der Waals surface area contributed by atoms with E-state index in [-0.39, 0.29) is 6.10 Å². The van der Waals surface area contributed by atoms with E-state index in [1.165, 1.54) is 0 Å². The third-order valence-corrected chi connectivity index (χ3v) is 3.14. The minimum Gasteiger partial charge on any atom is -0.371 e. The van der Waals surface area contributed by atoms with Crippen molar-refractivity contribution in [3.05, 3.63) is 34.3 Å². The Hall–Kier alpha value is -0.610. The molecule has 0 bridgehead atoms. The van der Waals surface area contributed by atoms with Crippen molar-refractivity contribution in [2.45, 2.75) is 6.10 Å². The molecule has 1 aliphatic rings. The number of hydrogen-bond acceptors (Lipinski definition) is 3. The lowest BCUT2D eigenvalue weighted by Crippen LogP contribution is -2.33. The highest BCUT2D eigenvalue weighted by molar-refractivity contribution is 6.68. The quantitative estimate of drug-likeness (QED) is 0.829. The van der Waals surface area contributed by atoms with E-state index in [0.717, 1.165) is 12.1 Å². The van der Waals surface area contributed by atoms with Crippen LogP contribution in [0.1, 0.15) is 22.0 Å². The number of hydrogen-bond donors (Lipinski definition) is 1. The first-order valence-corrected chi connectivity index (χ1v) is 5.76. The Bertz CT molecular complexity index is 403. The van der Waals surface area contributed by atoms with Crippen LogP contribution in [0.5, 0.6) is 0 Å². The maximum atomic E-state index is 11.1. The Balaban J connectivity index is 2.33. The lowest BCUT2D eigenvalue weighted by molar-refractivity contribution is 0.0277. The second-order valence-electron chi connectivity index (χ2n) is 3.55. The average Bonchev–Trinajstić information content (AvgIpc) is 2.30. The van der Waals surface area contributed by atoms with Crippen LogP contribution in [-0.2, 0) is 4.74 Å². The molecular formula is C11H11Cl2NO2. The fourth-order valence-electron chi connectivity index (χ4n) is 1.72. The highest BCUT2D eigenvalue weighted by Gasteiger charge is 2.21. The number of carbonyl (C=O) groups excluding carboxylic acids is 1. The summed E-state index contributed by atoms with van der Waals surface area (Å²) in [4.78, 5) is 11.1. The largest absolute Gasteiger partial charge is 0.371 e. The molecule has 1 atom stereocenters. The molecule has 1 heterocycles. The fourth-order valence-corrected chi connectivity index (χ4v) is 2.25. The molecule has 2 rings (SSSR count). The summed E-state index contributed by atoms with van der Waals surface area (Å²) < 4.78 is 5.58. The lowest BCUT2D eigenvalue weighted by Gasteiger charge is -2.25. The van der Waals surface area contributed by atoms with Crippen LogP contribution in [0.15, 0.2) is 18.2 Å². The second kappa shape index (κ2) is 5.15. The number of carbonyl (C=O) groups is 1. The lowest BCUT2D eigenvalue weighted by atomic mass is 10.1. The van der Waals surface area contributed by atoms with Crippen LogP contribution in [0.25, 0.3) is 0 Å². The minimum atomic E-state index is -0.546. The molecule has 0 spiro atoms. The van der Waals surface area contributed by atoms with Crippen LogP contribution in [-0.4, -0.2) is 24.9 Å². The molecule has 1 fully saturated rings. The van der Waals surface area contributed by atoms with Gasteiger partial charge >= 0.3 is 0 Å². The standard InChI is InChI=1S/C11H11Cl2NO2/c12-10-7(9-6-14-4-5-16-9)2-1-3-8(10)11(13)15/h1-3,9,14H,4-6H2. The van der Waals surface area contributed by atoms with Crippen molar-refractivity contribution in [2.75, 3.05) is 19.7 Å². The maximum absolute atomic E-state index is 11.1. The summed E-state index contributed by atoms with van der Waals surface area (Å²) in [7, 11) is 0. The molecule has 0 saturated carbocycles. The topological polar surface area (TPSA) is 38.3 Å². The molecule has 86 valence electrons. The number of nitrogens with one attached hydrogen (secondary N) is 1. The van der Waals surface area contributed by atoms with E-state index < -0.39 is 5.24 Å². The molecule has 1 saturated heterocycles. The monoisotopic (exact) mass is 259 g/mol. The van der Waals surface area contributed by atoms with Gasteiger partial charge in [0.25, 0.3) is 5.24 Å². The predicted molar refractivity (Wildman–Crippen MR) is 63.2 cm³/mol. The molecule has 5 heteroatoms. The van der Waals surface area contributed by atoms with Crippen molar-refractivity contribution in [1.82, 2.24) is 5.32 Å². The molecule has 1 aromatic carbocycles. The number of ether oxygens (including phenoxy) is 1. The van der Waals surface area contributed by atoms with E-state index >= 15 is 0 Å². The summed E-state index contributed by atoms with van der Waals surface area (Å²) in [5.41, 5.74) is 1.13. The minimum absolute atomic E-state index is 0.114. The molecule has 0 amide bonds. The van der Waals surface area contributed by atoms with Crippen molar-refractivity contribution in [2.24, 2.45) is 0 Å². The van der Waals surface area contributed by atoms with Gasteiger partial charge in [-0.25, -0.2) is 0 Å². The van der Waals surface area contributed by atoms with Gasteiger partial charge in [-0.2, -0.15) is 0 Å². The molecule has 16 heavy (non-hydrogen) atoms. The first kappa shape index (κ1) is 11.9. The number of morpholine rings is 1. The van der Waals surface area contributed by atoms with Crippen LogP contribution in [0.2, 0.25) is 5.02 Å². The summed E-state index contributed by atoms with van der Waals surface area (Å²) in [6, 6.07) is 5.22. The summed E-state index contributed by atoms with van der Waals surface area (Å²) in [6.45, 7) is 2.17. The van der Waals surface area contributed by atoms with Crippen LogP contribution < -0.4 is 5.32 Å². The number of halogens is 2. The predicted octanol–water partition coefficient (Wildman–Crippen LogP) is 2.38. The van der Waals surface area contributed by atoms with Gasteiger partial charge in [0.05, 0.1) is 23.3 Å². The van der Waals surface area contributed by atoms with E-state index in [4.69, 9.17) is 27.9 Å². The molecule has 0 aliphatic carbocycles. The summed E-state index contributed by atoms with van der Waals surface area (Å²) in [5, 5.41) is 3.05. The average molecular weight is 260 g/mol. The van der Waals surface area contributed by atoms with Gasteiger partial charge < -0.3 is 10.1 Å². The number of rotatable bonds is 2. The molecule has 1 unspecified atom stereocenters. The smallest absolute Gasteiger partial charge is 0.253 e. The zero-order valence-corrected chi connectivity index (χ0v) is 10.0.